The molecule has 1 rings (SSSR count). The van der Waals surface area contributed by atoms with E-state index < -0.39 is 5.97 Å². The molecule has 88 valence electrons. The molecule has 0 spiro atoms. The monoisotopic (exact) mass is 232 g/mol. The maximum Gasteiger partial charge on any atom is 0.337 e. The highest BCUT2D eigenvalue weighted by Gasteiger charge is 2.06. The van der Waals surface area contributed by atoms with Crippen molar-refractivity contribution in [2.24, 2.45) is 0 Å². The fraction of sp³-hybridized carbons (Fsp3) is 0.167. The van der Waals surface area contributed by atoms with Crippen LogP contribution in [0.1, 0.15) is 22.8 Å². The number of benzene rings is 1. The Morgan fingerprint density at radius 1 is 1.47 bits per heavy atom. The molecule has 0 aromatic heterocycles. The Morgan fingerprint density at radius 3 is 2.71 bits per heavy atom. The van der Waals surface area contributed by atoms with Gasteiger partial charge in [0.25, 0.3) is 0 Å². The number of carbonyl (C=O) groups excluding carboxylic acids is 1. The van der Waals surface area contributed by atoms with Crippen LogP contribution in [0.4, 0.5) is 5.69 Å². The van der Waals surface area contributed by atoms with Crippen LogP contribution in [0.25, 0.3) is 0 Å². The van der Waals surface area contributed by atoms with E-state index in [9.17, 15) is 9.59 Å². The molecule has 5 nitrogen and oxygen atoms in total. The van der Waals surface area contributed by atoms with E-state index in [-0.39, 0.29) is 23.7 Å². The molecule has 0 aliphatic heterocycles. The quantitative estimate of drug-likeness (QED) is 0.510. The molecule has 5 heteroatoms. The predicted molar refractivity (Wildman–Crippen MR) is 63.4 cm³/mol. The zero-order valence-corrected chi connectivity index (χ0v) is 9.28. The highest BCUT2D eigenvalue weighted by molar-refractivity contribution is 5.93. The van der Waals surface area contributed by atoms with E-state index in [4.69, 9.17) is 10.8 Å². The zero-order chi connectivity index (χ0) is 12.8. The van der Waals surface area contributed by atoms with Gasteiger partial charge in [0.1, 0.15) is 0 Å². The van der Waals surface area contributed by atoms with Crippen molar-refractivity contribution in [3.05, 3.63) is 29.3 Å². The third-order valence-corrected chi connectivity index (χ3v) is 1.94. The van der Waals surface area contributed by atoms with Crippen LogP contribution in [-0.2, 0) is 4.79 Å². The van der Waals surface area contributed by atoms with E-state index in [0.717, 1.165) is 0 Å². The van der Waals surface area contributed by atoms with Crippen LogP contribution in [0, 0.1) is 11.8 Å². The van der Waals surface area contributed by atoms with Crippen molar-refractivity contribution in [2.75, 3.05) is 12.3 Å². The van der Waals surface area contributed by atoms with Gasteiger partial charge in [0, 0.05) is 18.2 Å². The summed E-state index contributed by atoms with van der Waals surface area (Å²) in [6.07, 6.45) is 0. The minimum absolute atomic E-state index is 0.0532. The average molecular weight is 232 g/mol. The Labute approximate surface area is 98.6 Å². The van der Waals surface area contributed by atoms with Crippen molar-refractivity contribution in [3.63, 3.8) is 0 Å². The number of carbonyl (C=O) groups is 2. The van der Waals surface area contributed by atoms with Crippen LogP contribution >= 0.6 is 0 Å². The first-order chi connectivity index (χ1) is 8.00. The second kappa shape index (κ2) is 5.56. The largest absolute Gasteiger partial charge is 0.478 e. The van der Waals surface area contributed by atoms with Crippen LogP contribution in [-0.4, -0.2) is 23.5 Å². The summed E-state index contributed by atoms with van der Waals surface area (Å²) in [6.45, 7) is 1.65. The lowest BCUT2D eigenvalue weighted by Crippen LogP contribution is -2.19. The number of nitrogen functional groups attached to an aromatic ring is 1. The number of carboxylic acids is 1. The molecule has 0 fully saturated rings. The summed E-state index contributed by atoms with van der Waals surface area (Å²) in [5.74, 6) is 4.27. The molecular formula is C12H12N2O3. The molecular weight excluding hydrogens is 220 g/mol. The molecule has 1 aromatic carbocycles. The zero-order valence-electron chi connectivity index (χ0n) is 9.28. The maximum absolute atomic E-state index is 10.7. The lowest BCUT2D eigenvalue weighted by Gasteiger charge is -2.00. The van der Waals surface area contributed by atoms with E-state index >= 15 is 0 Å². The number of nitrogens with two attached hydrogens (primary N) is 1. The molecule has 0 heterocycles. The fourth-order valence-electron chi connectivity index (χ4n) is 1.15. The highest BCUT2D eigenvalue weighted by atomic mass is 16.4. The Hall–Kier alpha value is -2.48. The van der Waals surface area contributed by atoms with Crippen molar-refractivity contribution < 1.29 is 14.7 Å². The van der Waals surface area contributed by atoms with E-state index in [1.807, 2.05) is 0 Å². The van der Waals surface area contributed by atoms with Gasteiger partial charge < -0.3 is 16.2 Å². The minimum atomic E-state index is -1.07. The fourth-order valence-corrected chi connectivity index (χ4v) is 1.15. The van der Waals surface area contributed by atoms with Gasteiger partial charge in [0.15, 0.2) is 0 Å². The summed E-state index contributed by atoms with van der Waals surface area (Å²) in [5.41, 5.74) is 6.39. The molecule has 0 unspecified atom stereocenters. The average Bonchev–Trinajstić information content (AvgIpc) is 2.23. The SMILES string of the molecule is CC(=O)NCC#Cc1ccc(C(=O)O)c(N)c1. The molecule has 0 bridgehead atoms. The Balaban J connectivity index is 2.77. The van der Waals surface area contributed by atoms with Crippen molar-refractivity contribution >= 4 is 17.6 Å². The number of amides is 1. The van der Waals surface area contributed by atoms with Gasteiger partial charge in [-0.3, -0.25) is 4.79 Å². The first-order valence-corrected chi connectivity index (χ1v) is 4.87. The summed E-state index contributed by atoms with van der Waals surface area (Å²) in [7, 11) is 0. The minimum Gasteiger partial charge on any atom is -0.478 e. The Morgan fingerprint density at radius 2 is 2.18 bits per heavy atom. The van der Waals surface area contributed by atoms with E-state index in [1.54, 1.807) is 6.07 Å². The standard InChI is InChI=1S/C12H12N2O3/c1-8(15)14-6-2-3-9-4-5-10(12(16)17)11(13)7-9/h4-5,7H,6,13H2,1H3,(H,14,15)(H,16,17). The van der Waals surface area contributed by atoms with Crippen LogP contribution in [0.5, 0.6) is 0 Å². The van der Waals surface area contributed by atoms with E-state index in [2.05, 4.69) is 17.2 Å². The van der Waals surface area contributed by atoms with Crippen molar-refractivity contribution in [2.45, 2.75) is 6.92 Å². The topological polar surface area (TPSA) is 92.4 Å². The molecule has 4 N–H and O–H groups in total. The number of aromatic carboxylic acids is 1. The summed E-state index contributed by atoms with van der Waals surface area (Å²) < 4.78 is 0. The number of anilines is 1. The van der Waals surface area contributed by atoms with Gasteiger partial charge in [-0.25, -0.2) is 4.79 Å². The highest BCUT2D eigenvalue weighted by Crippen LogP contribution is 2.13. The van der Waals surface area contributed by atoms with Gasteiger partial charge in [-0.05, 0) is 18.2 Å². The number of hydrogen-bond donors (Lipinski definition) is 3. The summed E-state index contributed by atoms with van der Waals surface area (Å²) in [6, 6.07) is 4.46. The van der Waals surface area contributed by atoms with Crippen LogP contribution in [0.2, 0.25) is 0 Å². The molecule has 0 radical (unpaired) electrons. The third-order valence-electron chi connectivity index (χ3n) is 1.94. The van der Waals surface area contributed by atoms with Gasteiger partial charge in [0.05, 0.1) is 12.1 Å². The van der Waals surface area contributed by atoms with Gasteiger partial charge in [-0.2, -0.15) is 0 Å². The van der Waals surface area contributed by atoms with E-state index in [0.29, 0.717) is 5.56 Å². The molecule has 0 atom stereocenters. The molecule has 0 saturated heterocycles. The Bertz CT molecular complexity index is 512. The molecule has 1 amide bonds. The van der Waals surface area contributed by atoms with E-state index in [1.165, 1.54) is 19.1 Å². The molecule has 0 aliphatic rings. The van der Waals surface area contributed by atoms with Crippen LogP contribution in [0.15, 0.2) is 18.2 Å². The molecule has 17 heavy (non-hydrogen) atoms. The van der Waals surface area contributed by atoms with Crippen LogP contribution < -0.4 is 11.1 Å². The maximum atomic E-state index is 10.7. The predicted octanol–water partition coefficient (Wildman–Crippen LogP) is 0.455. The molecule has 0 aliphatic carbocycles. The van der Waals surface area contributed by atoms with Gasteiger partial charge in [-0.15, -0.1) is 0 Å². The third kappa shape index (κ3) is 3.87. The first kappa shape index (κ1) is 12.6. The summed E-state index contributed by atoms with van der Waals surface area (Å²) in [4.78, 5) is 21.3. The van der Waals surface area contributed by atoms with Crippen LogP contribution in [0.3, 0.4) is 0 Å². The Kier molecular flexibility index (Phi) is 4.12. The number of rotatable bonds is 2. The summed E-state index contributed by atoms with van der Waals surface area (Å²) in [5, 5.41) is 11.3. The number of nitrogens with one attached hydrogen (secondary N) is 1. The van der Waals surface area contributed by atoms with Gasteiger partial charge in [0.2, 0.25) is 5.91 Å². The lowest BCUT2D eigenvalue weighted by atomic mass is 10.1. The second-order valence-corrected chi connectivity index (χ2v) is 3.32. The normalized spacial score (nSPS) is 9.00. The lowest BCUT2D eigenvalue weighted by molar-refractivity contribution is -0.118. The van der Waals surface area contributed by atoms with Crippen molar-refractivity contribution in [1.82, 2.24) is 5.32 Å². The number of carboxylic acid groups (broad SMARTS) is 1. The molecule has 1 aromatic rings. The first-order valence-electron chi connectivity index (χ1n) is 4.87. The van der Waals surface area contributed by atoms with Crippen molar-refractivity contribution in [3.8, 4) is 11.8 Å². The summed E-state index contributed by atoms with van der Waals surface area (Å²) >= 11 is 0. The number of hydrogen-bond acceptors (Lipinski definition) is 3. The van der Waals surface area contributed by atoms with Gasteiger partial charge >= 0.3 is 5.97 Å². The van der Waals surface area contributed by atoms with Crippen molar-refractivity contribution in [1.29, 1.82) is 0 Å². The second-order valence-electron chi connectivity index (χ2n) is 3.32. The molecule has 0 saturated carbocycles. The smallest absolute Gasteiger partial charge is 0.337 e. The van der Waals surface area contributed by atoms with Gasteiger partial charge in [-0.1, -0.05) is 11.8 Å².